The van der Waals surface area contributed by atoms with E-state index in [0.717, 1.165) is 0 Å². The summed E-state index contributed by atoms with van der Waals surface area (Å²) in [5, 5.41) is 5.09. The molecule has 0 saturated carbocycles. The maximum Gasteiger partial charge on any atom is 0.393 e. The highest BCUT2D eigenvalue weighted by Gasteiger charge is 2.50. The second-order valence-electron chi connectivity index (χ2n) is 11.7. The van der Waals surface area contributed by atoms with Gasteiger partial charge in [0, 0.05) is 56.8 Å². The molecule has 1 aromatic heterocycles. The van der Waals surface area contributed by atoms with Gasteiger partial charge in [0.25, 0.3) is 0 Å². The van der Waals surface area contributed by atoms with Crippen LogP contribution in [0.5, 0.6) is 5.75 Å². The number of piperidine rings is 1. The molecule has 2 N–H and O–H groups in total. The summed E-state index contributed by atoms with van der Waals surface area (Å²) < 4.78 is 62.6. The standard InChI is InChI=1S/C30H37F4N7O3/c1-17-15-41(16-18(2)39(17)3)26-11-24(31)21(19-5-7-40(8-6-19)29-36-12-20(44-4)13-37-29)9-25(26)38-28(43)22-14-35-27(42)10-23(22)30(32,33)34/h5,9,11-13,17-18,22-23H,6-8,10,14-16H2,1-4H3,(H,35,42)(H,38,43)/t17-,18+,22?,23?. The Morgan fingerprint density at radius 2 is 1.80 bits per heavy atom. The molecule has 0 aliphatic carbocycles. The van der Waals surface area contributed by atoms with Crippen molar-refractivity contribution in [2.75, 3.05) is 62.0 Å². The molecule has 2 amide bonds. The van der Waals surface area contributed by atoms with Crippen LogP contribution in [0.25, 0.3) is 5.57 Å². The number of halogens is 4. The maximum atomic E-state index is 15.9. The zero-order valence-corrected chi connectivity index (χ0v) is 25.1. The summed E-state index contributed by atoms with van der Waals surface area (Å²) in [7, 11) is 3.53. The van der Waals surface area contributed by atoms with Gasteiger partial charge in [-0.05, 0) is 45.0 Å². The molecule has 4 atom stereocenters. The number of carbonyl (C=O) groups is 2. The first-order chi connectivity index (χ1) is 20.8. The lowest BCUT2D eigenvalue weighted by Crippen LogP contribution is -2.55. The summed E-state index contributed by atoms with van der Waals surface area (Å²) in [5.41, 5.74) is 1.60. The van der Waals surface area contributed by atoms with E-state index >= 15 is 4.39 Å². The summed E-state index contributed by atoms with van der Waals surface area (Å²) in [6.07, 6.45) is -0.112. The van der Waals surface area contributed by atoms with Gasteiger partial charge in [-0.3, -0.25) is 14.5 Å². The molecule has 0 bridgehead atoms. The predicted molar refractivity (Wildman–Crippen MR) is 158 cm³/mol. The first-order valence-electron chi connectivity index (χ1n) is 14.6. The SMILES string of the molecule is COc1cnc(N2CC=C(c3cc(NC(=O)C4CNC(=O)CC4C(F)(F)F)c(N4C[C@@H](C)N(C)[C@@H](C)C4)cc3F)CC2)nc1. The fourth-order valence-corrected chi connectivity index (χ4v) is 6.07. The van der Waals surface area contributed by atoms with Gasteiger partial charge in [0.2, 0.25) is 17.8 Å². The minimum atomic E-state index is -4.73. The summed E-state index contributed by atoms with van der Waals surface area (Å²) in [4.78, 5) is 39.9. The number of benzene rings is 1. The van der Waals surface area contributed by atoms with Crippen LogP contribution >= 0.6 is 0 Å². The number of amides is 2. The molecule has 3 aliphatic rings. The monoisotopic (exact) mass is 619 g/mol. The van der Waals surface area contributed by atoms with Crippen LogP contribution in [0, 0.1) is 17.7 Å². The number of nitrogens with zero attached hydrogens (tertiary/aromatic N) is 5. The van der Waals surface area contributed by atoms with Gasteiger partial charge in [0.05, 0.1) is 42.7 Å². The Balaban J connectivity index is 1.46. The average molecular weight is 620 g/mol. The van der Waals surface area contributed by atoms with Crippen LogP contribution in [-0.4, -0.2) is 91.8 Å². The molecule has 4 heterocycles. The van der Waals surface area contributed by atoms with Gasteiger partial charge in [0.1, 0.15) is 5.82 Å². The van der Waals surface area contributed by atoms with Crippen molar-refractivity contribution in [3.05, 3.63) is 42.0 Å². The smallest absolute Gasteiger partial charge is 0.393 e. The Labute approximate surface area is 253 Å². The third-order valence-corrected chi connectivity index (χ3v) is 8.90. The van der Waals surface area contributed by atoms with Crippen molar-refractivity contribution >= 4 is 34.7 Å². The first-order valence-corrected chi connectivity index (χ1v) is 14.6. The van der Waals surface area contributed by atoms with Crippen molar-refractivity contribution in [3.8, 4) is 5.75 Å². The van der Waals surface area contributed by atoms with E-state index < -0.39 is 48.6 Å². The van der Waals surface area contributed by atoms with Gasteiger partial charge in [-0.15, -0.1) is 0 Å². The predicted octanol–water partition coefficient (Wildman–Crippen LogP) is 3.70. The Morgan fingerprint density at radius 3 is 2.39 bits per heavy atom. The molecule has 238 valence electrons. The Hall–Kier alpha value is -3.94. The van der Waals surface area contributed by atoms with E-state index in [1.807, 2.05) is 36.8 Å². The molecule has 44 heavy (non-hydrogen) atoms. The normalized spacial score (nSPS) is 24.9. The third-order valence-electron chi connectivity index (χ3n) is 8.90. The number of nitrogens with one attached hydrogen (secondary N) is 2. The number of anilines is 3. The highest BCUT2D eigenvalue weighted by Crippen LogP contribution is 2.39. The molecule has 14 heteroatoms. The van der Waals surface area contributed by atoms with Crippen molar-refractivity contribution in [1.29, 1.82) is 0 Å². The zero-order chi connectivity index (χ0) is 31.8. The van der Waals surface area contributed by atoms with Crippen LogP contribution in [0.15, 0.2) is 30.6 Å². The molecule has 0 radical (unpaired) electrons. The van der Waals surface area contributed by atoms with E-state index in [1.165, 1.54) is 19.2 Å². The summed E-state index contributed by atoms with van der Waals surface area (Å²) in [6, 6.07) is 3.10. The highest BCUT2D eigenvalue weighted by atomic mass is 19.4. The van der Waals surface area contributed by atoms with Gasteiger partial charge >= 0.3 is 6.18 Å². The van der Waals surface area contributed by atoms with Crippen LogP contribution in [0.3, 0.4) is 0 Å². The number of alkyl halides is 3. The number of rotatable bonds is 6. The zero-order valence-electron chi connectivity index (χ0n) is 25.1. The number of aromatic nitrogens is 2. The Morgan fingerprint density at radius 1 is 1.11 bits per heavy atom. The van der Waals surface area contributed by atoms with E-state index in [2.05, 4.69) is 25.5 Å². The Bertz CT molecular complexity index is 1410. The fourth-order valence-electron chi connectivity index (χ4n) is 6.07. The quantitative estimate of drug-likeness (QED) is 0.473. The lowest BCUT2D eigenvalue weighted by atomic mass is 9.84. The highest BCUT2D eigenvalue weighted by molar-refractivity contribution is 5.98. The van der Waals surface area contributed by atoms with Gasteiger partial charge in [-0.25, -0.2) is 14.4 Å². The molecular formula is C30H37F4N7O3. The number of carbonyl (C=O) groups excluding carboxylic acids is 2. The molecule has 2 fully saturated rings. The molecule has 1 aromatic carbocycles. The van der Waals surface area contributed by atoms with E-state index in [4.69, 9.17) is 4.74 Å². The van der Waals surface area contributed by atoms with Crippen LogP contribution in [0.1, 0.15) is 32.3 Å². The second-order valence-corrected chi connectivity index (χ2v) is 11.7. The minimum absolute atomic E-state index is 0.111. The third kappa shape index (κ3) is 6.59. The minimum Gasteiger partial charge on any atom is -0.494 e. The number of ether oxygens (including phenoxy) is 1. The van der Waals surface area contributed by atoms with Gasteiger partial charge in [-0.2, -0.15) is 13.2 Å². The first kappa shape index (κ1) is 31.5. The van der Waals surface area contributed by atoms with Gasteiger partial charge in [-0.1, -0.05) is 6.08 Å². The van der Waals surface area contributed by atoms with Crippen molar-refractivity contribution in [1.82, 2.24) is 20.2 Å². The maximum absolute atomic E-state index is 15.9. The summed E-state index contributed by atoms with van der Waals surface area (Å²) in [5.74, 6) is -4.72. The molecular weight excluding hydrogens is 582 g/mol. The largest absolute Gasteiger partial charge is 0.494 e. The molecule has 3 aliphatic heterocycles. The Kier molecular flexibility index (Phi) is 9.00. The molecule has 2 unspecified atom stereocenters. The average Bonchev–Trinajstić information content (AvgIpc) is 3.00. The van der Waals surface area contributed by atoms with E-state index in [9.17, 15) is 22.8 Å². The van der Waals surface area contributed by atoms with Gasteiger partial charge < -0.3 is 25.2 Å². The van der Waals surface area contributed by atoms with Crippen molar-refractivity contribution in [2.45, 2.75) is 44.9 Å². The number of hydrogen-bond donors (Lipinski definition) is 2. The molecule has 5 rings (SSSR count). The number of methoxy groups -OCH3 is 1. The molecule has 0 spiro atoms. The van der Waals surface area contributed by atoms with Gasteiger partial charge in [0.15, 0.2) is 5.75 Å². The van der Waals surface area contributed by atoms with Crippen molar-refractivity contribution < 1.29 is 31.9 Å². The number of piperazine rings is 1. The van der Waals surface area contributed by atoms with E-state index in [1.54, 1.807) is 12.4 Å². The van der Waals surface area contributed by atoms with Crippen LogP contribution in [0.4, 0.5) is 34.9 Å². The fraction of sp³-hybridized carbons (Fsp3) is 0.533. The van der Waals surface area contributed by atoms with Crippen LogP contribution in [0.2, 0.25) is 0 Å². The number of hydrogen-bond acceptors (Lipinski definition) is 8. The summed E-state index contributed by atoms with van der Waals surface area (Å²) >= 11 is 0. The molecule has 2 saturated heterocycles. The van der Waals surface area contributed by atoms with E-state index in [-0.39, 0.29) is 23.3 Å². The van der Waals surface area contributed by atoms with Crippen molar-refractivity contribution in [3.63, 3.8) is 0 Å². The lowest BCUT2D eigenvalue weighted by molar-refractivity contribution is -0.197. The molecule has 2 aromatic rings. The summed E-state index contributed by atoms with van der Waals surface area (Å²) in [6.45, 7) is 5.62. The van der Waals surface area contributed by atoms with Crippen LogP contribution < -0.4 is 25.2 Å². The topological polar surface area (TPSA) is 103 Å². The number of likely N-dealkylation sites (N-methyl/N-ethyl adjacent to an activating group) is 1. The van der Waals surface area contributed by atoms with Crippen molar-refractivity contribution in [2.24, 2.45) is 11.8 Å². The van der Waals surface area contributed by atoms with E-state index in [0.29, 0.717) is 55.6 Å². The second kappa shape index (κ2) is 12.6. The van der Waals surface area contributed by atoms with Crippen LogP contribution in [-0.2, 0) is 9.59 Å². The lowest BCUT2D eigenvalue weighted by Gasteiger charge is -2.44. The molecule has 10 nitrogen and oxygen atoms in total.